The number of hydrogen-bond donors (Lipinski definition) is 1. The average molecular weight is 280 g/mol. The highest BCUT2D eigenvalue weighted by molar-refractivity contribution is 7.71. The van der Waals surface area contributed by atoms with Gasteiger partial charge in [0.25, 0.3) is 0 Å². The van der Waals surface area contributed by atoms with Crippen molar-refractivity contribution >= 4 is 23.8 Å². The van der Waals surface area contributed by atoms with Crippen molar-refractivity contribution in [2.24, 2.45) is 0 Å². The van der Waals surface area contributed by atoms with E-state index in [1.54, 1.807) is 21.4 Å². The lowest BCUT2D eigenvalue weighted by atomic mass is 10.2. The molecule has 2 heterocycles. The first-order valence-corrected chi connectivity index (χ1v) is 6.32. The molecule has 0 aliphatic heterocycles. The first-order valence-electron chi connectivity index (χ1n) is 5.91. The van der Waals surface area contributed by atoms with Crippen molar-refractivity contribution in [3.05, 3.63) is 34.7 Å². The topological polar surface area (TPSA) is 55.9 Å². The Balaban J connectivity index is 2.65. The van der Waals surface area contributed by atoms with Crippen LogP contribution in [-0.2, 0) is 11.2 Å². The van der Waals surface area contributed by atoms with Gasteiger partial charge < -0.3 is 9.94 Å². The van der Waals surface area contributed by atoms with Crippen LogP contribution < -0.4 is 4.84 Å². The number of aromatic nitrogens is 2. The van der Waals surface area contributed by atoms with Crippen molar-refractivity contribution in [2.45, 2.75) is 32.8 Å². The Morgan fingerprint density at radius 1 is 1.42 bits per heavy atom. The van der Waals surface area contributed by atoms with E-state index in [2.05, 4.69) is 0 Å². The van der Waals surface area contributed by atoms with Gasteiger partial charge in [-0.1, -0.05) is 18.3 Å². The third-order valence-corrected chi connectivity index (χ3v) is 2.75. The number of pyridine rings is 1. The van der Waals surface area contributed by atoms with Gasteiger partial charge in [0.15, 0.2) is 5.65 Å². The molecule has 102 valence electrons. The molecule has 2 rings (SSSR count). The van der Waals surface area contributed by atoms with Gasteiger partial charge >= 0.3 is 5.97 Å². The van der Waals surface area contributed by atoms with Gasteiger partial charge in [0.1, 0.15) is 10.2 Å². The first-order chi connectivity index (χ1) is 8.78. The number of carboxylic acids is 1. The van der Waals surface area contributed by atoms with Crippen LogP contribution >= 0.6 is 12.2 Å². The standard InChI is InChI=1S/C13H16N2O3S/c1-13(2,3)18-15-9(7-12(16)17)8-14-10(15)5-4-6-11(14)19/h4-6,8H,7H2,1-3H3,(H,16,17). The molecule has 5 nitrogen and oxygen atoms in total. The maximum Gasteiger partial charge on any atom is 0.309 e. The Labute approximate surface area is 116 Å². The van der Waals surface area contributed by atoms with E-state index in [1.165, 1.54) is 0 Å². The fourth-order valence-electron chi connectivity index (χ4n) is 1.79. The number of imidazole rings is 1. The Hall–Kier alpha value is -1.82. The summed E-state index contributed by atoms with van der Waals surface area (Å²) in [5, 5.41) is 8.98. The lowest BCUT2D eigenvalue weighted by molar-refractivity contribution is -0.136. The molecular weight excluding hydrogens is 264 g/mol. The number of carboxylic acid groups (broad SMARTS) is 1. The van der Waals surface area contributed by atoms with Gasteiger partial charge in [-0.2, -0.15) is 4.73 Å². The molecule has 0 aliphatic rings. The first kappa shape index (κ1) is 13.6. The van der Waals surface area contributed by atoms with Crippen LogP contribution in [0.4, 0.5) is 0 Å². The van der Waals surface area contributed by atoms with Crippen LogP contribution in [0, 0.1) is 4.64 Å². The smallest absolute Gasteiger partial charge is 0.309 e. The molecule has 0 atom stereocenters. The van der Waals surface area contributed by atoms with E-state index in [1.807, 2.05) is 32.9 Å². The number of aliphatic carboxylic acids is 1. The van der Waals surface area contributed by atoms with Gasteiger partial charge in [0.2, 0.25) is 0 Å². The highest BCUT2D eigenvalue weighted by Gasteiger charge is 2.19. The lowest BCUT2D eigenvalue weighted by Gasteiger charge is -2.23. The summed E-state index contributed by atoms with van der Waals surface area (Å²) in [6.45, 7) is 5.72. The van der Waals surface area contributed by atoms with Crippen LogP contribution in [0.2, 0.25) is 0 Å². The molecule has 0 bridgehead atoms. The predicted octanol–water partition coefficient (Wildman–Crippen LogP) is 2.32. The van der Waals surface area contributed by atoms with Gasteiger partial charge in [0.05, 0.1) is 12.1 Å². The summed E-state index contributed by atoms with van der Waals surface area (Å²) in [7, 11) is 0. The Morgan fingerprint density at radius 3 is 2.68 bits per heavy atom. The molecule has 1 N–H and O–H groups in total. The minimum Gasteiger partial charge on any atom is -0.481 e. The Bertz CT molecular complexity index is 679. The fraction of sp³-hybridized carbons (Fsp3) is 0.385. The average Bonchev–Trinajstić information content (AvgIpc) is 2.56. The monoisotopic (exact) mass is 280 g/mol. The summed E-state index contributed by atoms with van der Waals surface area (Å²) in [6.07, 6.45) is 1.59. The summed E-state index contributed by atoms with van der Waals surface area (Å²) in [6, 6.07) is 5.45. The number of carbonyl (C=O) groups is 1. The maximum atomic E-state index is 10.9. The number of hydrogen-bond acceptors (Lipinski definition) is 3. The maximum absolute atomic E-state index is 10.9. The second-order valence-corrected chi connectivity index (χ2v) is 5.70. The second kappa shape index (κ2) is 4.70. The summed E-state index contributed by atoms with van der Waals surface area (Å²) in [5.41, 5.74) is 0.843. The van der Waals surface area contributed by atoms with E-state index in [0.717, 1.165) is 5.65 Å². The minimum atomic E-state index is -0.909. The molecule has 6 heteroatoms. The van der Waals surface area contributed by atoms with Crippen molar-refractivity contribution in [1.29, 1.82) is 0 Å². The molecular formula is C13H16N2O3S. The largest absolute Gasteiger partial charge is 0.481 e. The molecule has 2 aromatic rings. The van der Waals surface area contributed by atoms with Crippen LogP contribution in [-0.4, -0.2) is 25.8 Å². The molecule has 2 aromatic heterocycles. The van der Waals surface area contributed by atoms with E-state index >= 15 is 0 Å². The quantitative estimate of drug-likeness (QED) is 0.877. The van der Waals surface area contributed by atoms with Crippen molar-refractivity contribution in [3.63, 3.8) is 0 Å². The zero-order chi connectivity index (χ0) is 14.2. The summed E-state index contributed by atoms with van der Waals surface area (Å²) >= 11 is 5.23. The molecule has 0 amide bonds. The third-order valence-electron chi connectivity index (χ3n) is 2.41. The van der Waals surface area contributed by atoms with Crippen LogP contribution in [0.25, 0.3) is 5.65 Å². The number of rotatable bonds is 3. The summed E-state index contributed by atoms with van der Waals surface area (Å²) < 4.78 is 3.91. The van der Waals surface area contributed by atoms with Gasteiger partial charge in [-0.3, -0.25) is 9.20 Å². The van der Waals surface area contributed by atoms with Crippen LogP contribution in [0.3, 0.4) is 0 Å². The lowest BCUT2D eigenvalue weighted by Crippen LogP contribution is -2.32. The molecule has 0 aromatic carbocycles. The summed E-state index contributed by atoms with van der Waals surface area (Å²) in [5.74, 6) is -0.909. The van der Waals surface area contributed by atoms with Crippen molar-refractivity contribution in [2.75, 3.05) is 0 Å². The van der Waals surface area contributed by atoms with Gasteiger partial charge in [-0.25, -0.2) is 0 Å². The number of fused-ring (bicyclic) bond motifs is 1. The Kier molecular flexibility index (Phi) is 3.36. The van der Waals surface area contributed by atoms with Gasteiger partial charge in [0, 0.05) is 6.20 Å². The molecule has 0 spiro atoms. The SMILES string of the molecule is CC(C)(C)On1c(CC(=O)O)cn2c(=S)cccc12. The van der Waals surface area contributed by atoms with Crippen LogP contribution in [0.1, 0.15) is 26.5 Å². The zero-order valence-corrected chi connectivity index (χ0v) is 11.9. The van der Waals surface area contributed by atoms with E-state index in [0.29, 0.717) is 10.3 Å². The van der Waals surface area contributed by atoms with Crippen molar-refractivity contribution < 1.29 is 14.7 Å². The zero-order valence-electron chi connectivity index (χ0n) is 11.1. The number of nitrogens with zero attached hydrogens (tertiary/aromatic N) is 2. The van der Waals surface area contributed by atoms with E-state index in [4.69, 9.17) is 22.2 Å². The fourth-order valence-corrected chi connectivity index (χ4v) is 2.01. The van der Waals surface area contributed by atoms with Crippen LogP contribution in [0.5, 0.6) is 0 Å². The second-order valence-electron chi connectivity index (χ2n) is 5.28. The van der Waals surface area contributed by atoms with Gasteiger partial charge in [-0.05, 0) is 32.9 Å². The molecule has 0 saturated heterocycles. The van der Waals surface area contributed by atoms with Crippen molar-refractivity contribution in [1.82, 2.24) is 9.13 Å². The minimum absolute atomic E-state index is 0.119. The van der Waals surface area contributed by atoms with Crippen LogP contribution in [0.15, 0.2) is 24.4 Å². The van der Waals surface area contributed by atoms with E-state index < -0.39 is 11.6 Å². The third kappa shape index (κ3) is 2.96. The molecule has 0 unspecified atom stereocenters. The highest BCUT2D eigenvalue weighted by Crippen LogP contribution is 2.15. The summed E-state index contributed by atoms with van der Waals surface area (Å²) in [4.78, 5) is 16.8. The van der Waals surface area contributed by atoms with E-state index in [9.17, 15) is 4.79 Å². The Morgan fingerprint density at radius 2 is 2.11 bits per heavy atom. The molecule has 0 aliphatic carbocycles. The highest BCUT2D eigenvalue weighted by atomic mass is 32.1. The van der Waals surface area contributed by atoms with E-state index in [-0.39, 0.29) is 6.42 Å². The molecule has 0 fully saturated rings. The molecule has 0 radical (unpaired) electrons. The molecule has 19 heavy (non-hydrogen) atoms. The molecule has 0 saturated carbocycles. The predicted molar refractivity (Wildman–Crippen MR) is 73.9 cm³/mol. The van der Waals surface area contributed by atoms with Gasteiger partial charge in [-0.15, -0.1) is 0 Å². The normalized spacial score (nSPS) is 11.7. The van der Waals surface area contributed by atoms with Crippen molar-refractivity contribution in [3.8, 4) is 0 Å².